The van der Waals surface area contributed by atoms with Gasteiger partial charge < -0.3 is 0 Å². The van der Waals surface area contributed by atoms with Crippen molar-refractivity contribution in [2.24, 2.45) is 0 Å². The first-order chi connectivity index (χ1) is 9.39. The van der Waals surface area contributed by atoms with Crippen molar-refractivity contribution in [1.82, 2.24) is 0 Å². The Kier molecular flexibility index (Phi) is 5.91. The van der Waals surface area contributed by atoms with Crippen molar-refractivity contribution in [3.63, 3.8) is 0 Å². The lowest BCUT2D eigenvalue weighted by Gasteiger charge is -2.15. The molecule has 1 rings (SSSR count). The van der Waals surface area contributed by atoms with Crippen molar-refractivity contribution in [2.75, 3.05) is 0 Å². The highest BCUT2D eigenvalue weighted by molar-refractivity contribution is 8.00. The standard InChI is InChI=1S/C11H7ClF6OS2/c1-5(19)9(12)7-4-6(20-10(13,14)15)2-3-8(7)21-11(16,17)18/h2-4,9H,1H3. The largest absolute Gasteiger partial charge is 0.446 e. The molecule has 0 fully saturated rings. The van der Waals surface area contributed by atoms with Crippen LogP contribution < -0.4 is 0 Å². The van der Waals surface area contributed by atoms with Crippen LogP contribution in [0.5, 0.6) is 0 Å². The summed E-state index contributed by atoms with van der Waals surface area (Å²) in [6, 6.07) is 2.63. The van der Waals surface area contributed by atoms with E-state index in [1.54, 1.807) is 0 Å². The first-order valence-electron chi connectivity index (χ1n) is 5.19. The molecular formula is C11H7ClF6OS2. The van der Waals surface area contributed by atoms with Crippen LogP contribution in [0.25, 0.3) is 0 Å². The average molecular weight is 369 g/mol. The molecule has 1 atom stereocenters. The highest BCUT2D eigenvalue weighted by atomic mass is 35.5. The maximum Gasteiger partial charge on any atom is 0.446 e. The maximum atomic E-state index is 12.4. The highest BCUT2D eigenvalue weighted by Crippen LogP contribution is 2.44. The van der Waals surface area contributed by atoms with Gasteiger partial charge in [-0.05, 0) is 54.2 Å². The van der Waals surface area contributed by atoms with Gasteiger partial charge in [0, 0.05) is 9.79 Å². The van der Waals surface area contributed by atoms with Crippen molar-refractivity contribution in [3.8, 4) is 0 Å². The van der Waals surface area contributed by atoms with Gasteiger partial charge in [-0.2, -0.15) is 26.3 Å². The fourth-order valence-corrected chi connectivity index (χ4v) is 2.87. The van der Waals surface area contributed by atoms with E-state index in [0.717, 1.165) is 25.1 Å². The number of benzene rings is 1. The van der Waals surface area contributed by atoms with Gasteiger partial charge in [0.05, 0.1) is 0 Å². The molecule has 0 heterocycles. The molecule has 1 unspecified atom stereocenters. The number of thioether (sulfide) groups is 2. The predicted molar refractivity (Wildman–Crippen MR) is 69.5 cm³/mol. The molecule has 1 aromatic rings. The van der Waals surface area contributed by atoms with E-state index in [1.807, 2.05) is 0 Å². The molecule has 0 aliphatic rings. The third kappa shape index (κ3) is 6.39. The molecular weight excluding hydrogens is 362 g/mol. The van der Waals surface area contributed by atoms with Gasteiger partial charge in [-0.15, -0.1) is 11.6 Å². The predicted octanol–water partition coefficient (Wildman–Crippen LogP) is 5.78. The Morgan fingerprint density at radius 2 is 1.62 bits per heavy atom. The van der Waals surface area contributed by atoms with E-state index in [9.17, 15) is 31.1 Å². The minimum absolute atomic E-state index is 0.291. The van der Waals surface area contributed by atoms with E-state index in [2.05, 4.69) is 0 Å². The average Bonchev–Trinajstić information content (AvgIpc) is 2.26. The number of ketones is 1. The maximum absolute atomic E-state index is 12.4. The summed E-state index contributed by atoms with van der Waals surface area (Å²) in [6.07, 6.45) is 0. The summed E-state index contributed by atoms with van der Waals surface area (Å²) in [7, 11) is 0. The molecule has 118 valence electrons. The summed E-state index contributed by atoms with van der Waals surface area (Å²) < 4.78 is 74.1. The Morgan fingerprint density at radius 3 is 2.05 bits per heavy atom. The first-order valence-corrected chi connectivity index (χ1v) is 7.26. The molecule has 0 aromatic heterocycles. The zero-order chi connectivity index (χ0) is 16.4. The summed E-state index contributed by atoms with van der Waals surface area (Å²) >= 11 is 4.68. The minimum atomic E-state index is -4.64. The second kappa shape index (κ2) is 6.70. The summed E-state index contributed by atoms with van der Waals surface area (Å²) in [4.78, 5) is 10.5. The fourth-order valence-electron chi connectivity index (χ4n) is 1.36. The number of rotatable bonds is 4. The SMILES string of the molecule is CC(=O)C(Cl)c1cc(SC(F)(F)F)ccc1SC(F)(F)F. The third-order valence-electron chi connectivity index (χ3n) is 2.07. The lowest BCUT2D eigenvalue weighted by molar-refractivity contribution is -0.116. The topological polar surface area (TPSA) is 17.1 Å². The van der Waals surface area contributed by atoms with Gasteiger partial charge in [-0.25, -0.2) is 0 Å². The lowest BCUT2D eigenvalue weighted by atomic mass is 10.1. The summed E-state index contributed by atoms with van der Waals surface area (Å²) in [5, 5.41) is -1.44. The van der Waals surface area contributed by atoms with Crippen LogP contribution in [0.15, 0.2) is 28.0 Å². The van der Waals surface area contributed by atoms with Crippen LogP contribution in [0.3, 0.4) is 0 Å². The summed E-state index contributed by atoms with van der Waals surface area (Å²) in [5.41, 5.74) is -9.52. The van der Waals surface area contributed by atoms with Crippen molar-refractivity contribution in [1.29, 1.82) is 0 Å². The van der Waals surface area contributed by atoms with Gasteiger partial charge in [0.2, 0.25) is 0 Å². The van der Waals surface area contributed by atoms with Crippen molar-refractivity contribution in [3.05, 3.63) is 23.8 Å². The van der Waals surface area contributed by atoms with Crippen LogP contribution in [-0.2, 0) is 4.79 Å². The Morgan fingerprint density at radius 1 is 1.10 bits per heavy atom. The second-order valence-corrected chi connectivity index (χ2v) is 6.45. The molecule has 0 spiro atoms. The third-order valence-corrected chi connectivity index (χ3v) is 4.16. The molecule has 0 saturated heterocycles. The van der Waals surface area contributed by atoms with Gasteiger partial charge in [0.15, 0.2) is 5.78 Å². The van der Waals surface area contributed by atoms with Gasteiger partial charge in [-0.1, -0.05) is 0 Å². The van der Waals surface area contributed by atoms with E-state index in [4.69, 9.17) is 11.6 Å². The van der Waals surface area contributed by atoms with E-state index < -0.39 is 50.6 Å². The van der Waals surface area contributed by atoms with Crippen LogP contribution in [0.2, 0.25) is 0 Å². The molecule has 10 heteroatoms. The van der Waals surface area contributed by atoms with E-state index in [-0.39, 0.29) is 10.5 Å². The second-order valence-electron chi connectivity index (χ2n) is 3.77. The monoisotopic (exact) mass is 368 g/mol. The normalized spacial score (nSPS) is 14.1. The molecule has 0 saturated carbocycles. The van der Waals surface area contributed by atoms with Crippen LogP contribution in [0, 0.1) is 0 Å². The lowest BCUT2D eigenvalue weighted by Crippen LogP contribution is -2.07. The Labute approximate surface area is 129 Å². The molecule has 1 nitrogen and oxygen atoms in total. The highest BCUT2D eigenvalue weighted by Gasteiger charge is 2.33. The summed E-state index contributed by atoms with van der Waals surface area (Å²) in [5.74, 6) is -0.658. The molecule has 1 aromatic carbocycles. The molecule has 0 radical (unpaired) electrons. The van der Waals surface area contributed by atoms with Gasteiger partial charge in [0.1, 0.15) is 5.38 Å². The Hall–Kier alpha value is -0.540. The number of carbonyl (C=O) groups excluding carboxylic acids is 1. The molecule has 21 heavy (non-hydrogen) atoms. The molecule has 0 N–H and O–H groups in total. The van der Waals surface area contributed by atoms with E-state index >= 15 is 0 Å². The molecule has 0 aliphatic heterocycles. The number of carbonyl (C=O) groups is 1. The van der Waals surface area contributed by atoms with Gasteiger partial charge in [0.25, 0.3) is 0 Å². The Bertz CT molecular complexity index is 528. The van der Waals surface area contributed by atoms with Crippen LogP contribution in [-0.4, -0.2) is 16.8 Å². The van der Waals surface area contributed by atoms with Gasteiger partial charge in [-0.3, -0.25) is 4.79 Å². The summed E-state index contributed by atoms with van der Waals surface area (Å²) in [6.45, 7) is 1.04. The zero-order valence-electron chi connectivity index (χ0n) is 10.2. The number of Topliss-reactive ketones (excluding diaryl/α,β-unsaturated/α-hetero) is 1. The minimum Gasteiger partial charge on any atom is -0.298 e. The molecule has 0 amide bonds. The van der Waals surface area contributed by atoms with Crippen molar-refractivity contribution in [2.45, 2.75) is 33.1 Å². The van der Waals surface area contributed by atoms with Gasteiger partial charge >= 0.3 is 11.0 Å². The first kappa shape index (κ1) is 18.5. The van der Waals surface area contributed by atoms with E-state index in [0.29, 0.717) is 0 Å². The number of hydrogen-bond acceptors (Lipinski definition) is 3. The van der Waals surface area contributed by atoms with Crippen LogP contribution in [0.4, 0.5) is 26.3 Å². The van der Waals surface area contributed by atoms with Crippen LogP contribution in [0.1, 0.15) is 17.9 Å². The molecule has 0 bridgehead atoms. The Balaban J connectivity index is 3.23. The quantitative estimate of drug-likeness (QED) is 0.381. The fraction of sp³-hybridized carbons (Fsp3) is 0.364. The van der Waals surface area contributed by atoms with Crippen molar-refractivity contribution < 1.29 is 31.1 Å². The number of alkyl halides is 7. The number of hydrogen-bond donors (Lipinski definition) is 0. The van der Waals surface area contributed by atoms with Crippen LogP contribution >= 0.6 is 35.1 Å². The molecule has 0 aliphatic carbocycles. The van der Waals surface area contributed by atoms with Crippen molar-refractivity contribution >= 4 is 40.9 Å². The smallest absolute Gasteiger partial charge is 0.298 e. The van der Waals surface area contributed by atoms with E-state index in [1.165, 1.54) is 0 Å². The zero-order valence-corrected chi connectivity index (χ0v) is 12.6. The number of halogens is 7.